The van der Waals surface area contributed by atoms with Gasteiger partial charge in [-0.15, -0.1) is 0 Å². The monoisotopic (exact) mass is 123 g/mol. The van der Waals surface area contributed by atoms with Crippen LogP contribution in [0.2, 0.25) is 0 Å². The van der Waals surface area contributed by atoms with E-state index in [2.05, 4.69) is 0 Å². The summed E-state index contributed by atoms with van der Waals surface area (Å²) in [4.78, 5) is 19.1. The molecule has 0 aliphatic carbocycles. The SMILES string of the molecule is O=C(O)C=CC(=O)O.[Li]. The van der Waals surface area contributed by atoms with Crippen molar-refractivity contribution in [1.82, 2.24) is 0 Å². The summed E-state index contributed by atoms with van der Waals surface area (Å²) in [5.41, 5.74) is 0. The molecule has 0 rings (SSSR count). The zero-order chi connectivity index (χ0) is 6.57. The number of carbonyl (C=O) groups is 2. The number of rotatable bonds is 2. The van der Waals surface area contributed by atoms with Crippen molar-refractivity contribution >= 4 is 30.8 Å². The van der Waals surface area contributed by atoms with Crippen LogP contribution in [0.3, 0.4) is 0 Å². The van der Waals surface area contributed by atoms with E-state index in [-0.39, 0.29) is 18.9 Å². The summed E-state index contributed by atoms with van der Waals surface area (Å²) in [6, 6.07) is 0. The van der Waals surface area contributed by atoms with Crippen molar-refractivity contribution in [1.29, 1.82) is 0 Å². The first-order valence-corrected chi connectivity index (χ1v) is 1.77. The van der Waals surface area contributed by atoms with Crippen LogP contribution in [0.1, 0.15) is 0 Å². The van der Waals surface area contributed by atoms with Crippen molar-refractivity contribution in [2.75, 3.05) is 0 Å². The fraction of sp³-hybridized carbons (Fsp3) is 0. The van der Waals surface area contributed by atoms with Crippen molar-refractivity contribution in [2.24, 2.45) is 0 Å². The maximum atomic E-state index is 9.55. The number of hydrogen-bond donors (Lipinski definition) is 2. The molecule has 9 heavy (non-hydrogen) atoms. The molecule has 0 aromatic carbocycles. The van der Waals surface area contributed by atoms with E-state index in [1.54, 1.807) is 0 Å². The molecule has 45 valence electrons. The fourth-order valence-electron chi connectivity index (χ4n) is 0.143. The van der Waals surface area contributed by atoms with Gasteiger partial charge in [0.15, 0.2) is 0 Å². The van der Waals surface area contributed by atoms with Gasteiger partial charge in [0, 0.05) is 31.0 Å². The standard InChI is InChI=1S/C4H4O4.Li/c5-3(6)1-2-4(7)8;/h1-2H,(H,5,6)(H,7,8);. The zero-order valence-electron chi connectivity index (χ0n) is 4.87. The Kier molecular flexibility index (Phi) is 6.69. The molecule has 0 saturated heterocycles. The van der Waals surface area contributed by atoms with Crippen LogP contribution in [-0.4, -0.2) is 41.0 Å². The largest absolute Gasteiger partial charge is 0.478 e. The summed E-state index contributed by atoms with van der Waals surface area (Å²) < 4.78 is 0. The molecule has 0 fully saturated rings. The van der Waals surface area contributed by atoms with Gasteiger partial charge in [0.2, 0.25) is 0 Å². The minimum absolute atomic E-state index is 0. The molecule has 0 spiro atoms. The summed E-state index contributed by atoms with van der Waals surface area (Å²) in [5, 5.41) is 15.6. The minimum Gasteiger partial charge on any atom is -0.478 e. The average Bonchev–Trinajstić information content (AvgIpc) is 1.61. The van der Waals surface area contributed by atoms with E-state index < -0.39 is 11.9 Å². The molecule has 0 aromatic heterocycles. The number of carboxylic acids is 2. The first-order valence-electron chi connectivity index (χ1n) is 1.77. The third-order valence-corrected chi connectivity index (χ3v) is 0.368. The van der Waals surface area contributed by atoms with Gasteiger partial charge < -0.3 is 10.2 Å². The number of aliphatic carboxylic acids is 2. The van der Waals surface area contributed by atoms with Crippen LogP contribution < -0.4 is 0 Å². The average molecular weight is 123 g/mol. The second kappa shape index (κ2) is 5.41. The predicted molar refractivity (Wildman–Crippen MR) is 30.2 cm³/mol. The number of carboxylic acid groups (broad SMARTS) is 2. The van der Waals surface area contributed by atoms with Gasteiger partial charge in [-0.25, -0.2) is 9.59 Å². The van der Waals surface area contributed by atoms with E-state index in [4.69, 9.17) is 10.2 Å². The normalized spacial score (nSPS) is 8.44. The molecule has 4 nitrogen and oxygen atoms in total. The Morgan fingerprint density at radius 1 is 1.00 bits per heavy atom. The molecule has 0 unspecified atom stereocenters. The van der Waals surface area contributed by atoms with Gasteiger partial charge in [0.05, 0.1) is 0 Å². The first kappa shape index (κ1) is 11.1. The van der Waals surface area contributed by atoms with Gasteiger partial charge in [0.25, 0.3) is 0 Å². The van der Waals surface area contributed by atoms with Crippen LogP contribution in [0.25, 0.3) is 0 Å². The van der Waals surface area contributed by atoms with E-state index >= 15 is 0 Å². The smallest absolute Gasteiger partial charge is 0.328 e. The van der Waals surface area contributed by atoms with Crippen LogP contribution in [0.5, 0.6) is 0 Å². The second-order valence-electron chi connectivity index (χ2n) is 1.01. The minimum atomic E-state index is -1.26. The van der Waals surface area contributed by atoms with E-state index in [9.17, 15) is 9.59 Å². The summed E-state index contributed by atoms with van der Waals surface area (Å²) >= 11 is 0. The molecule has 0 amide bonds. The molecule has 5 heteroatoms. The molecule has 0 atom stereocenters. The third-order valence-electron chi connectivity index (χ3n) is 0.368. The summed E-state index contributed by atoms with van der Waals surface area (Å²) in [6.45, 7) is 0. The van der Waals surface area contributed by atoms with Crippen LogP contribution in [0, 0.1) is 0 Å². The van der Waals surface area contributed by atoms with Crippen molar-refractivity contribution in [3.63, 3.8) is 0 Å². The van der Waals surface area contributed by atoms with E-state index in [1.165, 1.54) is 0 Å². The topological polar surface area (TPSA) is 74.6 Å². The molecule has 0 aromatic rings. The molecule has 0 aliphatic heterocycles. The fourth-order valence-corrected chi connectivity index (χ4v) is 0.143. The molecule has 0 aliphatic rings. The third kappa shape index (κ3) is 11.1. The van der Waals surface area contributed by atoms with Crippen LogP contribution >= 0.6 is 0 Å². The Morgan fingerprint density at radius 2 is 1.22 bits per heavy atom. The Hall–Kier alpha value is -0.723. The molecule has 0 heterocycles. The maximum absolute atomic E-state index is 9.55. The Morgan fingerprint density at radius 3 is 1.33 bits per heavy atom. The van der Waals surface area contributed by atoms with Gasteiger partial charge in [-0.3, -0.25) is 0 Å². The maximum Gasteiger partial charge on any atom is 0.328 e. The molecule has 1 radical (unpaired) electrons. The van der Waals surface area contributed by atoms with Crippen molar-refractivity contribution in [2.45, 2.75) is 0 Å². The first-order chi connectivity index (χ1) is 3.63. The predicted octanol–water partition coefficient (Wildman–Crippen LogP) is -0.669. The molecule has 0 bridgehead atoms. The molecule has 2 N–H and O–H groups in total. The Balaban J connectivity index is 0. The Labute approximate surface area is 63.4 Å². The van der Waals surface area contributed by atoms with Gasteiger partial charge in [-0.05, 0) is 0 Å². The summed E-state index contributed by atoms with van der Waals surface area (Å²) in [7, 11) is 0. The van der Waals surface area contributed by atoms with E-state index in [1.807, 2.05) is 0 Å². The van der Waals surface area contributed by atoms with E-state index in [0.717, 1.165) is 0 Å². The molecule has 0 saturated carbocycles. The van der Waals surface area contributed by atoms with Gasteiger partial charge in [-0.2, -0.15) is 0 Å². The summed E-state index contributed by atoms with van der Waals surface area (Å²) in [6.07, 6.45) is 1.12. The summed E-state index contributed by atoms with van der Waals surface area (Å²) in [5.74, 6) is -2.51. The molecular weight excluding hydrogens is 119 g/mol. The van der Waals surface area contributed by atoms with Crippen molar-refractivity contribution in [3.05, 3.63) is 12.2 Å². The van der Waals surface area contributed by atoms with Crippen molar-refractivity contribution < 1.29 is 19.8 Å². The van der Waals surface area contributed by atoms with Crippen molar-refractivity contribution in [3.8, 4) is 0 Å². The zero-order valence-corrected chi connectivity index (χ0v) is 4.87. The van der Waals surface area contributed by atoms with Gasteiger partial charge in [-0.1, -0.05) is 0 Å². The van der Waals surface area contributed by atoms with Gasteiger partial charge >= 0.3 is 11.9 Å². The van der Waals surface area contributed by atoms with Gasteiger partial charge in [0.1, 0.15) is 0 Å². The molecular formula is C4H4LiO4. The van der Waals surface area contributed by atoms with Crippen LogP contribution in [0.15, 0.2) is 12.2 Å². The van der Waals surface area contributed by atoms with E-state index in [0.29, 0.717) is 12.2 Å². The van der Waals surface area contributed by atoms with Crippen LogP contribution in [-0.2, 0) is 9.59 Å². The Bertz CT molecular complexity index is 124. The van der Waals surface area contributed by atoms with Crippen LogP contribution in [0.4, 0.5) is 0 Å². The number of hydrogen-bond acceptors (Lipinski definition) is 2. The second-order valence-corrected chi connectivity index (χ2v) is 1.01. The quantitative estimate of drug-likeness (QED) is 0.377.